The maximum absolute atomic E-state index is 12.4. The molecule has 0 aliphatic carbocycles. The van der Waals surface area contributed by atoms with Crippen molar-refractivity contribution < 1.29 is 9.53 Å². The molecule has 0 aromatic carbocycles. The van der Waals surface area contributed by atoms with E-state index in [1.807, 2.05) is 17.5 Å². The van der Waals surface area contributed by atoms with Gasteiger partial charge < -0.3 is 10.1 Å². The number of carbonyl (C=O) groups is 1. The smallest absolute Gasteiger partial charge is 0.262 e. The van der Waals surface area contributed by atoms with Gasteiger partial charge >= 0.3 is 0 Å². The number of aromatic nitrogens is 2. The van der Waals surface area contributed by atoms with Gasteiger partial charge in [0.1, 0.15) is 5.54 Å². The van der Waals surface area contributed by atoms with Crippen LogP contribution in [0.1, 0.15) is 28.3 Å². The number of carbonyl (C=O) groups excluding carboxylic acids is 1. The van der Waals surface area contributed by atoms with E-state index in [-0.39, 0.29) is 5.91 Å². The van der Waals surface area contributed by atoms with Gasteiger partial charge in [0.2, 0.25) is 0 Å². The van der Waals surface area contributed by atoms with Crippen molar-refractivity contribution in [2.45, 2.75) is 18.4 Å². The number of amides is 1. The number of ether oxygens (including phenoxy) is 1. The number of nitrogens with zero attached hydrogens (tertiary/aromatic N) is 2. The minimum Gasteiger partial charge on any atom is -0.381 e. The van der Waals surface area contributed by atoms with Crippen LogP contribution < -0.4 is 5.32 Å². The van der Waals surface area contributed by atoms with Crippen molar-refractivity contribution >= 4 is 17.2 Å². The molecule has 1 aliphatic heterocycles. The van der Waals surface area contributed by atoms with E-state index in [0.717, 1.165) is 0 Å². The largest absolute Gasteiger partial charge is 0.381 e. The lowest BCUT2D eigenvalue weighted by Gasteiger charge is -2.36. The molecule has 0 spiro atoms. The Bertz CT molecular complexity index is 565. The van der Waals surface area contributed by atoms with Crippen molar-refractivity contribution in [2.24, 2.45) is 0 Å². The van der Waals surface area contributed by atoms with Crippen molar-refractivity contribution in [3.8, 4) is 0 Å². The normalized spacial score (nSPS) is 17.6. The summed E-state index contributed by atoms with van der Waals surface area (Å²) in [6.07, 6.45) is 4.79. The summed E-state index contributed by atoms with van der Waals surface area (Å²) in [6.45, 7) is 1.20. The maximum Gasteiger partial charge on any atom is 0.262 e. The lowest BCUT2D eigenvalue weighted by Crippen LogP contribution is -2.50. The van der Waals surface area contributed by atoms with Gasteiger partial charge in [0, 0.05) is 38.4 Å². The molecule has 1 saturated heterocycles. The number of rotatable bonds is 3. The Morgan fingerprint density at radius 3 is 2.65 bits per heavy atom. The molecule has 0 radical (unpaired) electrons. The first-order valence-electron chi connectivity index (χ1n) is 6.51. The molecule has 6 heteroatoms. The van der Waals surface area contributed by atoms with E-state index in [1.54, 1.807) is 18.5 Å². The molecule has 3 rings (SSSR count). The first kappa shape index (κ1) is 13.2. The van der Waals surface area contributed by atoms with Gasteiger partial charge in [-0.3, -0.25) is 4.79 Å². The van der Waals surface area contributed by atoms with Crippen molar-refractivity contribution in [2.75, 3.05) is 13.2 Å². The molecule has 1 fully saturated rings. The number of thiophene rings is 1. The minimum atomic E-state index is -0.527. The van der Waals surface area contributed by atoms with E-state index in [1.165, 1.54) is 11.3 Å². The van der Waals surface area contributed by atoms with Crippen LogP contribution in [0.2, 0.25) is 0 Å². The predicted molar refractivity (Wildman–Crippen MR) is 75.5 cm³/mol. The third kappa shape index (κ3) is 2.57. The molecule has 5 nitrogen and oxygen atoms in total. The summed E-state index contributed by atoms with van der Waals surface area (Å²) in [5, 5.41) is 5.01. The molecular formula is C14H15N3O2S. The predicted octanol–water partition coefficient (Wildman–Crippen LogP) is 1.97. The SMILES string of the molecule is O=C(NC1(c2ncccn2)CCOCC1)c1cccs1. The summed E-state index contributed by atoms with van der Waals surface area (Å²) in [7, 11) is 0. The maximum atomic E-state index is 12.4. The summed E-state index contributed by atoms with van der Waals surface area (Å²) < 4.78 is 5.41. The lowest BCUT2D eigenvalue weighted by atomic mass is 9.88. The highest BCUT2D eigenvalue weighted by Gasteiger charge is 2.38. The van der Waals surface area contributed by atoms with Gasteiger partial charge in [-0.05, 0) is 17.5 Å². The van der Waals surface area contributed by atoms with Crippen molar-refractivity contribution in [1.29, 1.82) is 0 Å². The second kappa shape index (κ2) is 5.68. The molecule has 20 heavy (non-hydrogen) atoms. The van der Waals surface area contributed by atoms with E-state index in [9.17, 15) is 4.79 Å². The Morgan fingerprint density at radius 1 is 1.25 bits per heavy atom. The Kier molecular flexibility index (Phi) is 3.75. The molecule has 104 valence electrons. The fourth-order valence-corrected chi connectivity index (χ4v) is 2.98. The summed E-state index contributed by atoms with van der Waals surface area (Å²) in [5.41, 5.74) is -0.527. The van der Waals surface area contributed by atoms with Gasteiger partial charge in [0.05, 0.1) is 4.88 Å². The van der Waals surface area contributed by atoms with Crippen LogP contribution >= 0.6 is 11.3 Å². The second-order valence-corrected chi connectivity index (χ2v) is 5.65. The minimum absolute atomic E-state index is 0.0747. The molecule has 0 atom stereocenters. The van der Waals surface area contributed by atoms with E-state index in [0.29, 0.717) is 36.8 Å². The molecule has 0 saturated carbocycles. The van der Waals surface area contributed by atoms with Gasteiger partial charge in [-0.25, -0.2) is 9.97 Å². The fraction of sp³-hybridized carbons (Fsp3) is 0.357. The zero-order chi connectivity index (χ0) is 13.8. The van der Waals surface area contributed by atoms with Crippen LogP contribution in [-0.2, 0) is 10.3 Å². The summed E-state index contributed by atoms with van der Waals surface area (Å²) >= 11 is 1.43. The van der Waals surface area contributed by atoms with Crippen LogP contribution in [0.4, 0.5) is 0 Å². The highest BCUT2D eigenvalue weighted by Crippen LogP contribution is 2.30. The summed E-state index contributed by atoms with van der Waals surface area (Å²) in [4.78, 5) is 21.7. The van der Waals surface area contributed by atoms with Crippen LogP contribution in [0, 0.1) is 0 Å². The highest BCUT2D eigenvalue weighted by molar-refractivity contribution is 7.12. The van der Waals surface area contributed by atoms with Crippen LogP contribution in [-0.4, -0.2) is 29.1 Å². The summed E-state index contributed by atoms with van der Waals surface area (Å²) in [6, 6.07) is 5.46. The van der Waals surface area contributed by atoms with Gasteiger partial charge in [0.25, 0.3) is 5.91 Å². The van der Waals surface area contributed by atoms with E-state index >= 15 is 0 Å². The quantitative estimate of drug-likeness (QED) is 0.938. The van der Waals surface area contributed by atoms with E-state index in [4.69, 9.17) is 4.74 Å². The number of hydrogen-bond donors (Lipinski definition) is 1. The van der Waals surface area contributed by atoms with Crippen molar-refractivity contribution in [1.82, 2.24) is 15.3 Å². The molecule has 3 heterocycles. The van der Waals surface area contributed by atoms with E-state index in [2.05, 4.69) is 15.3 Å². The van der Waals surface area contributed by atoms with Gasteiger partial charge in [0.15, 0.2) is 5.82 Å². The first-order chi connectivity index (χ1) is 9.80. The van der Waals surface area contributed by atoms with Gasteiger partial charge in [-0.2, -0.15) is 0 Å². The molecular weight excluding hydrogens is 274 g/mol. The average molecular weight is 289 g/mol. The van der Waals surface area contributed by atoms with Gasteiger partial charge in [-0.15, -0.1) is 11.3 Å². The summed E-state index contributed by atoms with van der Waals surface area (Å²) in [5.74, 6) is 0.586. The van der Waals surface area contributed by atoms with Crippen molar-refractivity contribution in [3.63, 3.8) is 0 Å². The Hall–Kier alpha value is -1.79. The zero-order valence-electron chi connectivity index (χ0n) is 10.9. The molecule has 1 N–H and O–H groups in total. The van der Waals surface area contributed by atoms with Crippen LogP contribution in [0.3, 0.4) is 0 Å². The third-order valence-electron chi connectivity index (χ3n) is 3.44. The molecule has 1 amide bonds. The van der Waals surface area contributed by atoms with Crippen LogP contribution in [0.15, 0.2) is 36.0 Å². The second-order valence-electron chi connectivity index (χ2n) is 4.70. The Balaban J connectivity index is 1.88. The molecule has 2 aromatic rings. The third-order valence-corrected chi connectivity index (χ3v) is 4.31. The Morgan fingerprint density at radius 2 is 2.00 bits per heavy atom. The van der Waals surface area contributed by atoms with Crippen molar-refractivity contribution in [3.05, 3.63) is 46.7 Å². The van der Waals surface area contributed by atoms with Crippen LogP contribution in [0.25, 0.3) is 0 Å². The lowest BCUT2D eigenvalue weighted by molar-refractivity contribution is 0.0314. The highest BCUT2D eigenvalue weighted by atomic mass is 32.1. The molecule has 0 bridgehead atoms. The molecule has 2 aromatic heterocycles. The number of nitrogens with one attached hydrogen (secondary N) is 1. The zero-order valence-corrected chi connectivity index (χ0v) is 11.7. The monoisotopic (exact) mass is 289 g/mol. The number of hydrogen-bond acceptors (Lipinski definition) is 5. The Labute approximate surface area is 121 Å². The topological polar surface area (TPSA) is 64.1 Å². The molecule has 0 unspecified atom stereocenters. The standard InChI is InChI=1S/C14H15N3O2S/c18-12(11-3-1-10-20-11)17-14(4-8-19-9-5-14)13-15-6-2-7-16-13/h1-3,6-7,10H,4-5,8-9H2,(H,17,18). The fourth-order valence-electron chi connectivity index (χ4n) is 2.36. The van der Waals surface area contributed by atoms with E-state index < -0.39 is 5.54 Å². The molecule has 1 aliphatic rings. The van der Waals surface area contributed by atoms with Crippen LogP contribution in [0.5, 0.6) is 0 Å². The van der Waals surface area contributed by atoms with Gasteiger partial charge in [-0.1, -0.05) is 6.07 Å². The average Bonchev–Trinajstić information content (AvgIpc) is 3.03. The first-order valence-corrected chi connectivity index (χ1v) is 7.39.